The van der Waals surface area contributed by atoms with E-state index in [2.05, 4.69) is 63.2 Å². The van der Waals surface area contributed by atoms with Crippen molar-refractivity contribution in [1.82, 2.24) is 4.90 Å². The largest absolute Gasteiger partial charge is 0.296 e. The number of likely N-dealkylation sites (N-methyl/N-ethyl adjacent to an activating group) is 1. The van der Waals surface area contributed by atoms with E-state index in [1.165, 1.54) is 23.1 Å². The maximum atomic E-state index is 3.96. The summed E-state index contributed by atoms with van der Waals surface area (Å²) < 4.78 is 0. The maximum Gasteiger partial charge on any atom is 0.0275 e. The fourth-order valence-electron chi connectivity index (χ4n) is 2.41. The third-order valence-electron chi connectivity index (χ3n) is 3.68. The normalized spacial score (nSPS) is 12.4. The molecule has 0 aromatic heterocycles. The summed E-state index contributed by atoms with van der Waals surface area (Å²) in [5.74, 6) is 0. The number of rotatable bonds is 8. The number of hydrogen-bond acceptors (Lipinski definition) is 1. The van der Waals surface area contributed by atoms with Gasteiger partial charge in [-0.2, -0.15) is 0 Å². The van der Waals surface area contributed by atoms with Crippen LogP contribution in [0.3, 0.4) is 0 Å². The molecular weight excluding hydrogens is 230 g/mol. The van der Waals surface area contributed by atoms with Crippen molar-refractivity contribution >= 4 is 6.08 Å². The average Bonchev–Trinajstić information content (AvgIpc) is 2.44. The first kappa shape index (κ1) is 15.7. The van der Waals surface area contributed by atoms with E-state index in [1.54, 1.807) is 0 Å². The van der Waals surface area contributed by atoms with E-state index in [1.807, 2.05) is 6.08 Å². The lowest BCUT2D eigenvalue weighted by atomic mass is 10.0. The Morgan fingerprint density at radius 2 is 2.00 bits per heavy atom. The molecule has 0 N–H and O–H groups in total. The van der Waals surface area contributed by atoms with Crippen molar-refractivity contribution in [3.8, 4) is 0 Å². The summed E-state index contributed by atoms with van der Waals surface area (Å²) in [5, 5.41) is 0. The smallest absolute Gasteiger partial charge is 0.0275 e. The Morgan fingerprint density at radius 3 is 2.53 bits per heavy atom. The Kier molecular flexibility index (Phi) is 6.58. The lowest BCUT2D eigenvalue weighted by Crippen LogP contribution is -2.29. The average molecular weight is 257 g/mol. The predicted octanol–water partition coefficient (Wildman–Crippen LogP) is 4.68. The highest BCUT2D eigenvalue weighted by atomic mass is 15.1. The molecule has 1 aromatic rings. The topological polar surface area (TPSA) is 3.24 Å². The van der Waals surface area contributed by atoms with Gasteiger partial charge in [-0.05, 0) is 36.6 Å². The first-order chi connectivity index (χ1) is 9.15. The van der Waals surface area contributed by atoms with E-state index in [0.29, 0.717) is 6.04 Å². The molecule has 19 heavy (non-hydrogen) atoms. The zero-order valence-electron chi connectivity index (χ0n) is 12.7. The van der Waals surface area contributed by atoms with Gasteiger partial charge in [-0.25, -0.2) is 0 Å². The molecule has 1 nitrogen and oxygen atoms in total. The zero-order valence-corrected chi connectivity index (χ0v) is 12.7. The van der Waals surface area contributed by atoms with Crippen LogP contribution in [0.1, 0.15) is 43.4 Å². The van der Waals surface area contributed by atoms with Crippen molar-refractivity contribution in [1.29, 1.82) is 0 Å². The van der Waals surface area contributed by atoms with Crippen LogP contribution in [0.5, 0.6) is 0 Å². The van der Waals surface area contributed by atoms with Crippen molar-refractivity contribution in [2.24, 2.45) is 0 Å². The van der Waals surface area contributed by atoms with Gasteiger partial charge in [0, 0.05) is 12.6 Å². The molecule has 0 fully saturated rings. The van der Waals surface area contributed by atoms with Crippen LogP contribution < -0.4 is 0 Å². The minimum atomic E-state index is 0.452. The van der Waals surface area contributed by atoms with Crippen LogP contribution >= 0.6 is 0 Å². The summed E-state index contributed by atoms with van der Waals surface area (Å²) >= 11 is 0. The number of hydrogen-bond donors (Lipinski definition) is 0. The second-order valence-electron chi connectivity index (χ2n) is 5.10. The summed E-state index contributed by atoms with van der Waals surface area (Å²) in [6.45, 7) is 13.2. The Labute approximate surface area is 118 Å². The van der Waals surface area contributed by atoms with Gasteiger partial charge in [0.1, 0.15) is 0 Å². The molecule has 0 amide bonds. The second-order valence-corrected chi connectivity index (χ2v) is 5.10. The molecular formula is C18H27N. The summed E-state index contributed by atoms with van der Waals surface area (Å²) in [6.07, 6.45) is 7.43. The molecule has 0 bridgehead atoms. The van der Waals surface area contributed by atoms with Crippen molar-refractivity contribution in [2.45, 2.75) is 45.7 Å². The molecule has 0 radical (unpaired) electrons. The van der Waals surface area contributed by atoms with E-state index >= 15 is 0 Å². The fraction of sp³-hybridized carbons (Fsp3) is 0.444. The lowest BCUT2D eigenvalue weighted by Gasteiger charge is -2.26. The fourth-order valence-corrected chi connectivity index (χ4v) is 2.41. The molecule has 104 valence electrons. The van der Waals surface area contributed by atoms with E-state index in [9.17, 15) is 0 Å². The Morgan fingerprint density at radius 1 is 1.26 bits per heavy atom. The SMILES string of the molecule is C=Cc1ccc(CC)cc1CN(C)C(C=C)CCC. The highest BCUT2D eigenvalue weighted by Crippen LogP contribution is 2.18. The minimum absolute atomic E-state index is 0.452. The van der Waals surface area contributed by atoms with Gasteiger partial charge in [0.15, 0.2) is 0 Å². The lowest BCUT2D eigenvalue weighted by molar-refractivity contribution is 0.261. The Bertz CT molecular complexity index is 420. The molecule has 0 saturated carbocycles. The van der Waals surface area contributed by atoms with E-state index in [0.717, 1.165) is 19.4 Å². The number of benzene rings is 1. The molecule has 0 saturated heterocycles. The molecule has 0 spiro atoms. The van der Waals surface area contributed by atoms with Gasteiger partial charge in [-0.1, -0.05) is 57.2 Å². The first-order valence-electron chi connectivity index (χ1n) is 7.23. The number of aryl methyl sites for hydroxylation is 1. The molecule has 1 rings (SSSR count). The zero-order chi connectivity index (χ0) is 14.3. The third kappa shape index (κ3) is 4.36. The second kappa shape index (κ2) is 7.96. The Balaban J connectivity index is 2.90. The van der Waals surface area contributed by atoms with Crippen molar-refractivity contribution in [2.75, 3.05) is 7.05 Å². The van der Waals surface area contributed by atoms with Gasteiger partial charge in [-0.15, -0.1) is 6.58 Å². The van der Waals surface area contributed by atoms with Crippen molar-refractivity contribution in [3.63, 3.8) is 0 Å². The van der Waals surface area contributed by atoms with Crippen LogP contribution in [-0.2, 0) is 13.0 Å². The van der Waals surface area contributed by atoms with Crippen LogP contribution in [0.4, 0.5) is 0 Å². The van der Waals surface area contributed by atoms with E-state index in [4.69, 9.17) is 0 Å². The van der Waals surface area contributed by atoms with Gasteiger partial charge in [-0.3, -0.25) is 4.90 Å². The molecule has 1 aromatic carbocycles. The summed E-state index contributed by atoms with van der Waals surface area (Å²) in [5.41, 5.74) is 3.99. The van der Waals surface area contributed by atoms with Crippen LogP contribution in [-0.4, -0.2) is 18.0 Å². The quantitative estimate of drug-likeness (QED) is 0.611. The molecule has 0 aliphatic rings. The van der Waals surface area contributed by atoms with Crippen LogP contribution in [0, 0.1) is 0 Å². The first-order valence-corrected chi connectivity index (χ1v) is 7.23. The number of nitrogens with zero attached hydrogens (tertiary/aromatic N) is 1. The van der Waals surface area contributed by atoms with Crippen LogP contribution in [0.25, 0.3) is 6.08 Å². The van der Waals surface area contributed by atoms with Gasteiger partial charge in [0.2, 0.25) is 0 Å². The minimum Gasteiger partial charge on any atom is -0.296 e. The standard InChI is InChI=1S/C18H27N/c1-6-10-18(9-4)19(5)14-17-13-15(7-2)11-12-16(17)8-3/h8-9,11-13,18H,3-4,6-7,10,14H2,1-2,5H3. The summed E-state index contributed by atoms with van der Waals surface area (Å²) in [7, 11) is 2.17. The van der Waals surface area contributed by atoms with Crippen LogP contribution in [0.2, 0.25) is 0 Å². The molecule has 1 heteroatoms. The summed E-state index contributed by atoms with van der Waals surface area (Å²) in [6, 6.07) is 7.13. The molecule has 0 aliphatic heterocycles. The van der Waals surface area contributed by atoms with Crippen molar-refractivity contribution in [3.05, 3.63) is 54.1 Å². The maximum absolute atomic E-state index is 3.96. The summed E-state index contributed by atoms with van der Waals surface area (Å²) in [4.78, 5) is 2.37. The van der Waals surface area contributed by atoms with E-state index < -0.39 is 0 Å². The van der Waals surface area contributed by atoms with Crippen molar-refractivity contribution < 1.29 is 0 Å². The monoisotopic (exact) mass is 257 g/mol. The van der Waals surface area contributed by atoms with Gasteiger partial charge in [0.25, 0.3) is 0 Å². The third-order valence-corrected chi connectivity index (χ3v) is 3.68. The van der Waals surface area contributed by atoms with Gasteiger partial charge in [0.05, 0.1) is 0 Å². The molecule has 1 unspecified atom stereocenters. The molecule has 1 atom stereocenters. The molecule has 0 aliphatic carbocycles. The van der Waals surface area contributed by atoms with E-state index in [-0.39, 0.29) is 0 Å². The Hall–Kier alpha value is -1.34. The van der Waals surface area contributed by atoms with Crippen LogP contribution in [0.15, 0.2) is 37.4 Å². The molecule has 0 heterocycles. The van der Waals surface area contributed by atoms with Gasteiger partial charge >= 0.3 is 0 Å². The predicted molar refractivity (Wildman–Crippen MR) is 86.3 cm³/mol. The van der Waals surface area contributed by atoms with Gasteiger partial charge < -0.3 is 0 Å². The highest BCUT2D eigenvalue weighted by Gasteiger charge is 2.12. The highest BCUT2D eigenvalue weighted by molar-refractivity contribution is 5.53.